The largest absolute Gasteiger partial charge is 0.468 e. The van der Waals surface area contributed by atoms with Crippen LogP contribution in [-0.2, 0) is 9.53 Å². The van der Waals surface area contributed by atoms with Gasteiger partial charge in [0.05, 0.1) is 12.1 Å². The minimum Gasteiger partial charge on any atom is -0.468 e. The summed E-state index contributed by atoms with van der Waals surface area (Å²) in [4.78, 5) is 13.4. The second kappa shape index (κ2) is 6.54. The number of ether oxygens (including phenoxy) is 1. The van der Waals surface area contributed by atoms with Gasteiger partial charge < -0.3 is 4.74 Å². The van der Waals surface area contributed by atoms with Crippen molar-refractivity contribution in [2.75, 3.05) is 6.61 Å². The smallest absolute Gasteiger partial charge is 0.293 e. The third kappa shape index (κ3) is 3.77. The Labute approximate surface area is 88.7 Å². The average Bonchev–Trinajstić information content (AvgIpc) is 2.31. The molecule has 2 rings (SSSR count). The maximum atomic E-state index is 9.18. The summed E-state index contributed by atoms with van der Waals surface area (Å²) >= 11 is 0. The second-order valence-corrected chi connectivity index (χ2v) is 2.75. The highest BCUT2D eigenvalue weighted by Crippen LogP contribution is 2.07. The molecule has 0 N–H and O–H groups in total. The van der Waals surface area contributed by atoms with Crippen LogP contribution in [0.4, 0.5) is 0 Å². The van der Waals surface area contributed by atoms with Crippen LogP contribution in [0.2, 0.25) is 0 Å². The maximum Gasteiger partial charge on any atom is 0.293 e. The number of para-hydroxylation sites is 1. The molecule has 0 saturated carbocycles. The van der Waals surface area contributed by atoms with Gasteiger partial charge in [0.2, 0.25) is 0 Å². The maximum absolute atomic E-state index is 9.18. The topological polar surface area (TPSA) is 39.2 Å². The van der Waals surface area contributed by atoms with Gasteiger partial charge in [-0.3, -0.25) is 9.78 Å². The van der Waals surface area contributed by atoms with E-state index in [0.29, 0.717) is 13.1 Å². The molecule has 0 fully saturated rings. The van der Waals surface area contributed by atoms with Gasteiger partial charge in [0.15, 0.2) is 0 Å². The van der Waals surface area contributed by atoms with Crippen molar-refractivity contribution in [3.05, 3.63) is 42.6 Å². The Morgan fingerprint density at radius 1 is 1.27 bits per heavy atom. The monoisotopic (exact) mass is 203 g/mol. The van der Waals surface area contributed by atoms with E-state index in [1.807, 2.05) is 30.5 Å². The van der Waals surface area contributed by atoms with Crippen LogP contribution >= 0.6 is 0 Å². The zero-order valence-electron chi connectivity index (χ0n) is 8.59. The van der Waals surface area contributed by atoms with Crippen molar-refractivity contribution in [3.63, 3.8) is 0 Å². The molecule has 0 atom stereocenters. The minimum absolute atomic E-state index is 0.431. The number of pyridine rings is 1. The first-order valence-electron chi connectivity index (χ1n) is 4.73. The van der Waals surface area contributed by atoms with Gasteiger partial charge in [-0.2, -0.15) is 0 Å². The van der Waals surface area contributed by atoms with E-state index in [1.54, 1.807) is 6.92 Å². The Bertz CT molecular complexity index is 350. The highest BCUT2D eigenvalue weighted by molar-refractivity contribution is 5.77. The summed E-state index contributed by atoms with van der Waals surface area (Å²) in [5, 5.41) is 1.20. The highest BCUT2D eigenvalue weighted by atomic mass is 16.5. The van der Waals surface area contributed by atoms with E-state index in [0.717, 1.165) is 5.52 Å². The van der Waals surface area contributed by atoms with Crippen molar-refractivity contribution >= 4 is 17.4 Å². The lowest BCUT2D eigenvalue weighted by Crippen LogP contribution is -1.80. The number of carbonyl (C=O) groups is 1. The fourth-order valence-corrected chi connectivity index (χ4v) is 1.08. The summed E-state index contributed by atoms with van der Waals surface area (Å²) in [6.07, 6.45) is 1.81. The molecular weight excluding hydrogens is 190 g/mol. The van der Waals surface area contributed by atoms with Gasteiger partial charge in [-0.15, -0.1) is 0 Å². The summed E-state index contributed by atoms with van der Waals surface area (Å²) in [7, 11) is 0. The number of rotatable bonds is 2. The molecule has 0 aliphatic rings. The van der Waals surface area contributed by atoms with E-state index in [1.165, 1.54) is 5.39 Å². The van der Waals surface area contributed by atoms with Crippen molar-refractivity contribution in [1.82, 2.24) is 4.98 Å². The molecule has 1 heterocycles. The number of nitrogens with zero attached hydrogens (tertiary/aromatic N) is 1. The molecule has 0 spiro atoms. The molecule has 0 amide bonds. The summed E-state index contributed by atoms with van der Waals surface area (Å²) in [5.74, 6) is 0. The first-order valence-corrected chi connectivity index (χ1v) is 4.73. The van der Waals surface area contributed by atoms with Crippen LogP contribution in [0.3, 0.4) is 0 Å². The van der Waals surface area contributed by atoms with Gasteiger partial charge in [-0.1, -0.05) is 24.3 Å². The second-order valence-electron chi connectivity index (χ2n) is 2.75. The molecule has 15 heavy (non-hydrogen) atoms. The molecule has 3 nitrogen and oxygen atoms in total. The lowest BCUT2D eigenvalue weighted by molar-refractivity contribution is -0.128. The molecule has 0 aliphatic heterocycles. The van der Waals surface area contributed by atoms with E-state index in [4.69, 9.17) is 0 Å². The first kappa shape index (κ1) is 11.2. The van der Waals surface area contributed by atoms with Crippen molar-refractivity contribution in [1.29, 1.82) is 0 Å². The summed E-state index contributed by atoms with van der Waals surface area (Å²) < 4.78 is 4.15. The molecule has 78 valence electrons. The predicted octanol–water partition coefficient (Wildman–Crippen LogP) is 2.41. The lowest BCUT2D eigenvalue weighted by atomic mass is 10.2. The van der Waals surface area contributed by atoms with Crippen molar-refractivity contribution in [2.45, 2.75) is 6.92 Å². The highest BCUT2D eigenvalue weighted by Gasteiger charge is 1.86. The Morgan fingerprint density at radius 3 is 2.60 bits per heavy atom. The van der Waals surface area contributed by atoms with E-state index < -0.39 is 0 Å². The molecule has 2 aromatic rings. The lowest BCUT2D eigenvalue weighted by Gasteiger charge is -1.91. The fourth-order valence-electron chi connectivity index (χ4n) is 1.08. The SMILES string of the molecule is CCOC=O.c1ccc2ncccc2c1. The van der Waals surface area contributed by atoms with E-state index >= 15 is 0 Å². The predicted molar refractivity (Wildman–Crippen MR) is 59.4 cm³/mol. The molecule has 0 saturated heterocycles. The first-order chi connectivity index (χ1) is 7.38. The number of hydrogen-bond acceptors (Lipinski definition) is 3. The summed E-state index contributed by atoms with van der Waals surface area (Å²) in [6, 6.07) is 12.1. The van der Waals surface area contributed by atoms with E-state index in [9.17, 15) is 4.79 Å². The van der Waals surface area contributed by atoms with Gasteiger partial charge in [0.1, 0.15) is 0 Å². The van der Waals surface area contributed by atoms with Crippen LogP contribution in [-0.4, -0.2) is 18.1 Å². The normalized spacial score (nSPS) is 8.87. The van der Waals surface area contributed by atoms with E-state index in [-0.39, 0.29) is 0 Å². The Kier molecular flexibility index (Phi) is 4.87. The van der Waals surface area contributed by atoms with Crippen LogP contribution in [0.5, 0.6) is 0 Å². The van der Waals surface area contributed by atoms with Crippen molar-refractivity contribution < 1.29 is 9.53 Å². The van der Waals surface area contributed by atoms with E-state index in [2.05, 4.69) is 21.9 Å². The van der Waals surface area contributed by atoms with Crippen LogP contribution < -0.4 is 0 Å². The van der Waals surface area contributed by atoms with Gasteiger partial charge >= 0.3 is 0 Å². The number of carbonyl (C=O) groups excluding carboxylic acids is 1. The van der Waals surface area contributed by atoms with Crippen molar-refractivity contribution in [2.24, 2.45) is 0 Å². The minimum atomic E-state index is 0.431. The molecular formula is C12H13NO2. The number of benzene rings is 1. The summed E-state index contributed by atoms with van der Waals surface area (Å²) in [5.41, 5.74) is 1.06. The van der Waals surface area contributed by atoms with Crippen molar-refractivity contribution in [3.8, 4) is 0 Å². The Hall–Kier alpha value is -1.90. The third-order valence-electron chi connectivity index (χ3n) is 1.75. The number of fused-ring (bicyclic) bond motifs is 1. The zero-order chi connectivity index (χ0) is 10.9. The standard InChI is InChI=1S/C9H7N.C3H6O2/c1-2-6-9-8(4-1)5-3-7-10-9;1-2-5-3-4/h1-7H;3H,2H2,1H3. The van der Waals surface area contributed by atoms with Crippen LogP contribution in [0.25, 0.3) is 10.9 Å². The molecule has 3 heteroatoms. The zero-order valence-corrected chi connectivity index (χ0v) is 8.59. The van der Waals surface area contributed by atoms with Gasteiger partial charge in [0, 0.05) is 11.6 Å². The van der Waals surface area contributed by atoms with Crippen LogP contribution in [0.1, 0.15) is 6.92 Å². The number of aromatic nitrogens is 1. The third-order valence-corrected chi connectivity index (χ3v) is 1.75. The average molecular weight is 203 g/mol. The molecule has 0 aliphatic carbocycles. The van der Waals surface area contributed by atoms with Gasteiger partial charge in [0.25, 0.3) is 6.47 Å². The quantitative estimate of drug-likeness (QED) is 0.703. The fraction of sp³-hybridized carbons (Fsp3) is 0.167. The van der Waals surface area contributed by atoms with Gasteiger partial charge in [-0.25, -0.2) is 0 Å². The molecule has 0 unspecified atom stereocenters. The summed E-state index contributed by atoms with van der Waals surface area (Å²) in [6.45, 7) is 2.66. The van der Waals surface area contributed by atoms with Gasteiger partial charge in [-0.05, 0) is 19.1 Å². The molecule has 1 aromatic heterocycles. The molecule has 0 radical (unpaired) electrons. The molecule has 1 aromatic carbocycles. The molecule has 0 bridgehead atoms. The number of hydrogen-bond donors (Lipinski definition) is 0. The van der Waals surface area contributed by atoms with Crippen LogP contribution in [0, 0.1) is 0 Å². The Balaban J connectivity index is 0.000000195. The Morgan fingerprint density at radius 2 is 2.00 bits per heavy atom. The van der Waals surface area contributed by atoms with Crippen LogP contribution in [0.15, 0.2) is 42.6 Å².